The first kappa shape index (κ1) is 12.6. The summed E-state index contributed by atoms with van der Waals surface area (Å²) < 4.78 is 0. The molecule has 1 aliphatic heterocycles. The number of nitrogens with two attached hydrogens (primary N) is 1. The molecule has 98 valence electrons. The van der Waals surface area contributed by atoms with Gasteiger partial charge in [-0.25, -0.2) is 0 Å². The van der Waals surface area contributed by atoms with Crippen LogP contribution in [0.5, 0.6) is 0 Å². The molecule has 0 amide bonds. The molecule has 1 aliphatic carbocycles. The Labute approximate surface area is 115 Å². The van der Waals surface area contributed by atoms with Gasteiger partial charge in [-0.05, 0) is 36.8 Å². The Morgan fingerprint density at radius 2 is 2.00 bits per heavy atom. The van der Waals surface area contributed by atoms with E-state index in [-0.39, 0.29) is 0 Å². The second kappa shape index (κ2) is 5.66. The zero-order valence-corrected chi connectivity index (χ0v) is 11.8. The van der Waals surface area contributed by atoms with Crippen LogP contribution in [-0.2, 0) is 6.42 Å². The number of benzene rings is 1. The van der Waals surface area contributed by atoms with Crippen LogP contribution in [0.25, 0.3) is 0 Å². The van der Waals surface area contributed by atoms with Gasteiger partial charge < -0.3 is 5.73 Å². The van der Waals surface area contributed by atoms with Crippen LogP contribution in [0.1, 0.15) is 44.1 Å². The predicted octanol–water partition coefficient (Wildman–Crippen LogP) is 4.00. The molecule has 2 atom stereocenters. The third kappa shape index (κ3) is 2.75. The van der Waals surface area contributed by atoms with Crippen molar-refractivity contribution in [3.63, 3.8) is 0 Å². The first-order valence-electron chi connectivity index (χ1n) is 7.33. The van der Waals surface area contributed by atoms with Crippen molar-refractivity contribution in [3.8, 4) is 0 Å². The number of hydrogen-bond donors (Lipinski definition) is 1. The number of thioether (sulfide) groups is 1. The predicted molar refractivity (Wildman–Crippen MR) is 79.0 cm³/mol. The Morgan fingerprint density at radius 1 is 1.22 bits per heavy atom. The molecule has 3 rings (SSSR count). The van der Waals surface area contributed by atoms with E-state index in [4.69, 9.17) is 5.73 Å². The van der Waals surface area contributed by atoms with E-state index in [0.717, 1.165) is 5.92 Å². The minimum absolute atomic E-state index is 0.378. The summed E-state index contributed by atoms with van der Waals surface area (Å²) in [6.07, 6.45) is 9.54. The molecule has 0 aromatic heterocycles. The molecular formula is C16H23NS. The maximum atomic E-state index is 6.42. The monoisotopic (exact) mass is 261 g/mol. The topological polar surface area (TPSA) is 26.0 Å². The number of fused-ring (bicyclic) bond motifs is 1. The van der Waals surface area contributed by atoms with Gasteiger partial charge in [-0.1, -0.05) is 43.9 Å². The van der Waals surface area contributed by atoms with Crippen LogP contribution in [0.2, 0.25) is 0 Å². The summed E-state index contributed by atoms with van der Waals surface area (Å²) in [7, 11) is 0. The SMILES string of the molecule is NC(CCC1CCCC1)C1Cc2ccccc2S1. The molecule has 2 heteroatoms. The maximum absolute atomic E-state index is 6.42. The molecule has 1 fully saturated rings. The smallest absolute Gasteiger partial charge is 0.0287 e. The van der Waals surface area contributed by atoms with E-state index in [0.29, 0.717) is 11.3 Å². The summed E-state index contributed by atoms with van der Waals surface area (Å²) in [5.74, 6) is 0.977. The third-order valence-corrected chi connectivity index (χ3v) is 6.00. The molecule has 2 N–H and O–H groups in total. The molecule has 18 heavy (non-hydrogen) atoms. The fraction of sp³-hybridized carbons (Fsp3) is 0.625. The van der Waals surface area contributed by atoms with Crippen LogP contribution in [-0.4, -0.2) is 11.3 Å². The van der Waals surface area contributed by atoms with Gasteiger partial charge in [-0.3, -0.25) is 0 Å². The zero-order valence-electron chi connectivity index (χ0n) is 11.0. The molecule has 0 spiro atoms. The lowest BCUT2D eigenvalue weighted by Gasteiger charge is -2.19. The molecular weight excluding hydrogens is 238 g/mol. The fourth-order valence-electron chi connectivity index (χ4n) is 3.36. The Balaban J connectivity index is 1.50. The van der Waals surface area contributed by atoms with E-state index in [1.54, 1.807) is 0 Å². The quantitative estimate of drug-likeness (QED) is 0.886. The number of hydrogen-bond acceptors (Lipinski definition) is 2. The third-order valence-electron chi connectivity index (χ3n) is 4.53. The highest BCUT2D eigenvalue weighted by molar-refractivity contribution is 8.00. The van der Waals surface area contributed by atoms with E-state index >= 15 is 0 Å². The van der Waals surface area contributed by atoms with Crippen molar-refractivity contribution in [2.75, 3.05) is 0 Å². The zero-order chi connectivity index (χ0) is 12.4. The minimum atomic E-state index is 0.378. The molecule has 0 saturated heterocycles. The lowest BCUT2D eigenvalue weighted by Crippen LogP contribution is -2.32. The number of rotatable bonds is 4. The lowest BCUT2D eigenvalue weighted by molar-refractivity contribution is 0.443. The average molecular weight is 261 g/mol. The van der Waals surface area contributed by atoms with Crippen molar-refractivity contribution >= 4 is 11.8 Å². The summed E-state index contributed by atoms with van der Waals surface area (Å²) in [6, 6.07) is 9.16. The molecule has 0 bridgehead atoms. The standard InChI is InChI=1S/C16H23NS/c17-14(10-9-12-5-1-2-6-12)16-11-13-7-3-4-8-15(13)18-16/h3-4,7-8,12,14,16H,1-2,5-6,9-11,17H2. The van der Waals surface area contributed by atoms with Crippen molar-refractivity contribution in [1.29, 1.82) is 0 Å². The molecule has 1 saturated carbocycles. The molecule has 2 unspecified atom stereocenters. The molecule has 1 nitrogen and oxygen atoms in total. The van der Waals surface area contributed by atoms with E-state index < -0.39 is 0 Å². The maximum Gasteiger partial charge on any atom is 0.0287 e. The van der Waals surface area contributed by atoms with E-state index in [2.05, 4.69) is 24.3 Å². The Bertz CT molecular complexity index is 373. The van der Waals surface area contributed by atoms with Crippen molar-refractivity contribution in [1.82, 2.24) is 0 Å². The van der Waals surface area contributed by atoms with Gasteiger partial charge in [0.1, 0.15) is 0 Å². The van der Waals surface area contributed by atoms with Crippen molar-refractivity contribution in [3.05, 3.63) is 29.8 Å². The fourth-order valence-corrected chi connectivity index (χ4v) is 4.72. The van der Waals surface area contributed by atoms with Crippen LogP contribution in [0.15, 0.2) is 29.2 Å². The van der Waals surface area contributed by atoms with Gasteiger partial charge >= 0.3 is 0 Å². The van der Waals surface area contributed by atoms with Crippen molar-refractivity contribution in [2.45, 2.75) is 61.1 Å². The second-order valence-electron chi connectivity index (χ2n) is 5.86. The normalized spacial score (nSPS) is 25.3. The van der Waals surface area contributed by atoms with Gasteiger partial charge in [0.2, 0.25) is 0 Å². The summed E-state index contributed by atoms with van der Waals surface area (Å²) in [6.45, 7) is 0. The van der Waals surface area contributed by atoms with Crippen molar-refractivity contribution in [2.24, 2.45) is 11.7 Å². The first-order valence-corrected chi connectivity index (χ1v) is 8.21. The van der Waals surface area contributed by atoms with Gasteiger partial charge in [-0.2, -0.15) is 0 Å². The van der Waals surface area contributed by atoms with Crippen LogP contribution < -0.4 is 5.73 Å². The highest BCUT2D eigenvalue weighted by atomic mass is 32.2. The van der Waals surface area contributed by atoms with E-state index in [1.165, 1.54) is 55.4 Å². The van der Waals surface area contributed by atoms with Gasteiger partial charge in [0.25, 0.3) is 0 Å². The van der Waals surface area contributed by atoms with E-state index in [1.807, 2.05) is 11.8 Å². The summed E-state index contributed by atoms with van der Waals surface area (Å²) in [4.78, 5) is 1.46. The van der Waals surface area contributed by atoms with Crippen molar-refractivity contribution < 1.29 is 0 Å². The summed E-state index contributed by atoms with van der Waals surface area (Å²) >= 11 is 2.00. The molecule has 1 aromatic rings. The van der Waals surface area contributed by atoms with E-state index in [9.17, 15) is 0 Å². The van der Waals surface area contributed by atoms with Crippen LogP contribution in [0, 0.1) is 5.92 Å². The van der Waals surface area contributed by atoms with Gasteiger partial charge in [0, 0.05) is 16.2 Å². The molecule has 2 aliphatic rings. The summed E-state index contributed by atoms with van der Waals surface area (Å²) in [5, 5.41) is 0.615. The van der Waals surface area contributed by atoms with Crippen LogP contribution in [0.3, 0.4) is 0 Å². The molecule has 0 radical (unpaired) electrons. The first-order chi connectivity index (χ1) is 8.83. The lowest BCUT2D eigenvalue weighted by atomic mass is 9.95. The van der Waals surface area contributed by atoms with Gasteiger partial charge in [0.15, 0.2) is 0 Å². The van der Waals surface area contributed by atoms with Gasteiger partial charge in [-0.15, -0.1) is 11.8 Å². The summed E-state index contributed by atoms with van der Waals surface area (Å²) in [5.41, 5.74) is 7.92. The Morgan fingerprint density at radius 3 is 2.78 bits per heavy atom. The van der Waals surface area contributed by atoms with Crippen LogP contribution in [0.4, 0.5) is 0 Å². The Hall–Kier alpha value is -0.470. The molecule has 1 heterocycles. The second-order valence-corrected chi connectivity index (χ2v) is 7.14. The van der Waals surface area contributed by atoms with Crippen LogP contribution >= 0.6 is 11.8 Å². The van der Waals surface area contributed by atoms with Gasteiger partial charge in [0.05, 0.1) is 0 Å². The minimum Gasteiger partial charge on any atom is -0.327 e. The average Bonchev–Trinajstić information content (AvgIpc) is 3.04. The largest absolute Gasteiger partial charge is 0.327 e. The Kier molecular flexibility index (Phi) is 3.95. The molecule has 1 aromatic carbocycles. The highest BCUT2D eigenvalue weighted by Gasteiger charge is 2.27. The highest BCUT2D eigenvalue weighted by Crippen LogP contribution is 2.39.